The first kappa shape index (κ1) is 21.6. The summed E-state index contributed by atoms with van der Waals surface area (Å²) in [6.07, 6.45) is 4.59. The number of nitrogens with two attached hydrogens (primary N) is 2. The number of rotatable bonds is 4. The predicted octanol–water partition coefficient (Wildman–Crippen LogP) is 3.07. The molecular weight excluding hydrogens is 475 g/mol. The van der Waals surface area contributed by atoms with Gasteiger partial charge in [0.25, 0.3) is 0 Å². The second-order valence-corrected chi connectivity index (χ2v) is 8.15. The van der Waals surface area contributed by atoms with Gasteiger partial charge in [-0.25, -0.2) is 18.5 Å². The number of nitrogens with zero attached hydrogens (tertiary/aromatic N) is 1. The highest BCUT2D eigenvalue weighted by Gasteiger charge is 2.13. The quantitative estimate of drug-likeness (QED) is 0.341. The van der Waals surface area contributed by atoms with Gasteiger partial charge in [0, 0.05) is 5.69 Å². The van der Waals surface area contributed by atoms with E-state index in [0.717, 1.165) is 24.1 Å². The lowest BCUT2D eigenvalue weighted by Crippen LogP contribution is -2.24. The molecule has 1 aliphatic carbocycles. The number of hydrogen-bond acceptors (Lipinski definition) is 3. The smallest absolute Gasteiger partial charge is 0.238 e. The molecule has 0 atom stereocenters. The van der Waals surface area contributed by atoms with E-state index in [1.165, 1.54) is 30.0 Å². The van der Waals surface area contributed by atoms with Crippen LogP contribution >= 0.6 is 24.0 Å². The summed E-state index contributed by atoms with van der Waals surface area (Å²) in [7, 11) is -3.70. The average molecular weight is 500 g/mol. The van der Waals surface area contributed by atoms with Crippen molar-refractivity contribution in [3.05, 3.63) is 58.7 Å². The van der Waals surface area contributed by atoms with Crippen molar-refractivity contribution in [3.8, 4) is 0 Å². The van der Waals surface area contributed by atoms with Crippen molar-refractivity contribution in [1.82, 2.24) is 0 Å². The zero-order valence-corrected chi connectivity index (χ0v) is 18.4. The van der Waals surface area contributed by atoms with Gasteiger partial charge in [0.05, 0.1) is 11.4 Å². The maximum Gasteiger partial charge on any atom is 0.238 e. The van der Waals surface area contributed by atoms with Gasteiger partial charge in [0.1, 0.15) is 0 Å². The normalized spacial score (nSPS) is 14.2. The van der Waals surface area contributed by atoms with Crippen LogP contribution < -0.4 is 16.2 Å². The highest BCUT2D eigenvalue weighted by Crippen LogP contribution is 2.27. The van der Waals surface area contributed by atoms with Crippen molar-refractivity contribution < 1.29 is 8.42 Å². The summed E-state index contributed by atoms with van der Waals surface area (Å²) in [4.78, 5) is 4.51. The van der Waals surface area contributed by atoms with Gasteiger partial charge in [-0.15, -0.1) is 24.0 Å². The Hall–Kier alpha value is -1.65. The minimum Gasteiger partial charge on any atom is -0.370 e. The van der Waals surface area contributed by atoms with Gasteiger partial charge in [-0.1, -0.05) is 24.3 Å². The molecule has 0 saturated carbocycles. The van der Waals surface area contributed by atoms with Crippen molar-refractivity contribution in [2.45, 2.75) is 44.0 Å². The van der Waals surface area contributed by atoms with Crippen LogP contribution in [0.25, 0.3) is 0 Å². The second-order valence-electron chi connectivity index (χ2n) is 6.62. The summed E-state index contributed by atoms with van der Waals surface area (Å²) in [5, 5.41) is 8.39. The zero-order valence-electron chi connectivity index (χ0n) is 15.2. The van der Waals surface area contributed by atoms with E-state index >= 15 is 0 Å². The van der Waals surface area contributed by atoms with E-state index < -0.39 is 10.0 Å². The zero-order chi connectivity index (χ0) is 18.7. The topological polar surface area (TPSA) is 111 Å². The Morgan fingerprint density at radius 2 is 1.93 bits per heavy atom. The van der Waals surface area contributed by atoms with Gasteiger partial charge >= 0.3 is 0 Å². The summed E-state index contributed by atoms with van der Waals surface area (Å²) < 4.78 is 22.9. The first-order chi connectivity index (χ1) is 12.3. The number of hydrogen-bond donors (Lipinski definition) is 3. The summed E-state index contributed by atoms with van der Waals surface area (Å²) in [6.45, 7) is 2.07. The minimum atomic E-state index is -3.70. The van der Waals surface area contributed by atoms with Crippen LogP contribution in [0.4, 0.5) is 5.69 Å². The van der Waals surface area contributed by atoms with Gasteiger partial charge in [-0.2, -0.15) is 0 Å². The molecule has 0 aromatic heterocycles. The molecule has 0 bridgehead atoms. The third kappa shape index (κ3) is 5.43. The number of anilines is 1. The van der Waals surface area contributed by atoms with Crippen molar-refractivity contribution in [2.24, 2.45) is 15.9 Å². The number of nitrogens with one attached hydrogen (secondary N) is 1. The van der Waals surface area contributed by atoms with Crippen LogP contribution in [0.2, 0.25) is 0 Å². The minimum absolute atomic E-state index is 0. The summed E-state index contributed by atoms with van der Waals surface area (Å²) in [5.41, 5.74) is 11.2. The molecule has 2 aromatic rings. The van der Waals surface area contributed by atoms with Crippen molar-refractivity contribution in [1.29, 1.82) is 0 Å². The molecule has 0 spiro atoms. The van der Waals surface area contributed by atoms with Crippen LogP contribution in [0.3, 0.4) is 0 Å². The fourth-order valence-electron chi connectivity index (χ4n) is 3.38. The monoisotopic (exact) mass is 500 g/mol. The maximum atomic E-state index is 11.5. The standard InChI is InChI=1S/C19H24N4O2S.HI/c1-13-11-14(9-10-18(13)26(21,24)25)12-22-19(20)23-17-8-4-6-15-5-2-3-7-16(15)17;/h4,6,8-11H,2-3,5,7,12H2,1H3,(H3,20,22,23)(H2,21,24,25);1H. The lowest BCUT2D eigenvalue weighted by atomic mass is 9.90. The predicted molar refractivity (Wildman–Crippen MR) is 120 cm³/mol. The maximum absolute atomic E-state index is 11.5. The van der Waals surface area contributed by atoms with E-state index in [1.54, 1.807) is 19.1 Å². The molecule has 0 unspecified atom stereocenters. The largest absolute Gasteiger partial charge is 0.370 e. The molecule has 0 saturated heterocycles. The Labute approximate surface area is 177 Å². The van der Waals surface area contributed by atoms with Crippen LogP contribution in [-0.4, -0.2) is 14.4 Å². The molecule has 2 aromatic carbocycles. The fraction of sp³-hybridized carbons (Fsp3) is 0.316. The molecule has 3 rings (SSSR count). The Morgan fingerprint density at radius 1 is 1.19 bits per heavy atom. The van der Waals surface area contributed by atoms with E-state index in [4.69, 9.17) is 10.9 Å². The highest BCUT2D eigenvalue weighted by atomic mass is 127. The molecule has 0 heterocycles. The number of guanidine groups is 1. The van der Waals surface area contributed by atoms with Crippen LogP contribution in [0.15, 0.2) is 46.3 Å². The molecule has 5 N–H and O–H groups in total. The van der Waals surface area contributed by atoms with Crippen LogP contribution in [0.1, 0.15) is 35.1 Å². The molecular formula is C19H25IN4O2S. The summed E-state index contributed by atoms with van der Waals surface area (Å²) >= 11 is 0. The molecule has 0 fully saturated rings. The van der Waals surface area contributed by atoms with E-state index in [1.807, 2.05) is 12.1 Å². The van der Waals surface area contributed by atoms with Crippen LogP contribution in [-0.2, 0) is 29.4 Å². The number of aliphatic imine (C=N–C) groups is 1. The molecule has 0 amide bonds. The number of aryl methyl sites for hydroxylation is 2. The second kappa shape index (κ2) is 9.03. The van der Waals surface area contributed by atoms with Gasteiger partial charge < -0.3 is 11.1 Å². The number of halogens is 1. The Kier molecular flexibility index (Phi) is 7.24. The first-order valence-electron chi connectivity index (χ1n) is 8.64. The highest BCUT2D eigenvalue weighted by molar-refractivity contribution is 14.0. The van der Waals surface area contributed by atoms with Crippen LogP contribution in [0.5, 0.6) is 0 Å². The lowest BCUT2D eigenvalue weighted by molar-refractivity contribution is 0.597. The van der Waals surface area contributed by atoms with E-state index in [0.29, 0.717) is 18.1 Å². The summed E-state index contributed by atoms with van der Waals surface area (Å²) in [5.74, 6) is 0.345. The van der Waals surface area contributed by atoms with Gasteiger partial charge in [0.2, 0.25) is 10.0 Å². The average Bonchev–Trinajstić information content (AvgIpc) is 2.59. The Bertz CT molecular complexity index is 958. The molecule has 1 aliphatic rings. The van der Waals surface area contributed by atoms with E-state index in [-0.39, 0.29) is 28.9 Å². The molecule has 0 radical (unpaired) electrons. The molecule has 6 nitrogen and oxygen atoms in total. The SMILES string of the molecule is Cc1cc(CN=C(N)Nc2cccc3c2CCCC3)ccc1S(N)(=O)=O.I. The number of sulfonamides is 1. The van der Waals surface area contributed by atoms with Gasteiger partial charge in [0.15, 0.2) is 5.96 Å². The molecule has 27 heavy (non-hydrogen) atoms. The van der Waals surface area contributed by atoms with Crippen LogP contribution in [0, 0.1) is 6.92 Å². The third-order valence-electron chi connectivity index (χ3n) is 4.64. The van der Waals surface area contributed by atoms with Gasteiger partial charge in [-0.05, 0) is 67.0 Å². The molecule has 8 heteroatoms. The third-order valence-corrected chi connectivity index (χ3v) is 5.71. The van der Waals surface area contributed by atoms with Crippen molar-refractivity contribution in [2.75, 3.05) is 5.32 Å². The number of primary sulfonamides is 1. The Morgan fingerprint density at radius 3 is 2.63 bits per heavy atom. The first-order valence-corrected chi connectivity index (χ1v) is 10.2. The summed E-state index contributed by atoms with van der Waals surface area (Å²) in [6, 6.07) is 11.2. The van der Waals surface area contributed by atoms with Gasteiger partial charge in [-0.3, -0.25) is 0 Å². The van der Waals surface area contributed by atoms with E-state index in [9.17, 15) is 8.42 Å². The number of benzene rings is 2. The number of fused-ring (bicyclic) bond motifs is 1. The lowest BCUT2D eigenvalue weighted by Gasteiger charge is -2.19. The molecule has 146 valence electrons. The molecule has 0 aliphatic heterocycles. The van der Waals surface area contributed by atoms with Crippen molar-refractivity contribution >= 4 is 45.6 Å². The van der Waals surface area contributed by atoms with E-state index in [2.05, 4.69) is 16.4 Å². The van der Waals surface area contributed by atoms with Crippen molar-refractivity contribution in [3.63, 3.8) is 0 Å². The fourth-order valence-corrected chi connectivity index (χ4v) is 4.15. The Balaban J connectivity index is 0.00000261.